The molecule has 2 aromatic carbocycles. The number of carbonyl (C=O) groups is 1. The summed E-state index contributed by atoms with van der Waals surface area (Å²) in [7, 11) is 0. The Kier molecular flexibility index (Phi) is 8.73. The van der Waals surface area contributed by atoms with E-state index in [0.29, 0.717) is 19.8 Å². The first-order valence-electron chi connectivity index (χ1n) is 14.9. The number of halogens is 1. The second kappa shape index (κ2) is 12.3. The number of oxime groups is 1. The number of ether oxygens (including phenoxy) is 3. The molecule has 9 heteroatoms. The van der Waals surface area contributed by atoms with Gasteiger partial charge >= 0.3 is 5.97 Å². The van der Waals surface area contributed by atoms with Crippen LogP contribution in [0.2, 0.25) is 0 Å². The summed E-state index contributed by atoms with van der Waals surface area (Å²) in [5.41, 5.74) is 2.08. The topological polar surface area (TPSA) is 72.8 Å². The van der Waals surface area contributed by atoms with Crippen LogP contribution in [0, 0.1) is 11.2 Å². The Balaban J connectivity index is 1.22. The van der Waals surface area contributed by atoms with Crippen LogP contribution in [-0.4, -0.2) is 73.2 Å². The first kappa shape index (κ1) is 29.2. The van der Waals surface area contributed by atoms with E-state index in [0.717, 1.165) is 92.4 Å². The van der Waals surface area contributed by atoms with Gasteiger partial charge in [-0.3, -0.25) is 9.69 Å². The molecular formula is C32H42FN3O5. The summed E-state index contributed by atoms with van der Waals surface area (Å²) >= 11 is 0. The van der Waals surface area contributed by atoms with Gasteiger partial charge in [0, 0.05) is 32.7 Å². The van der Waals surface area contributed by atoms with E-state index < -0.39 is 5.41 Å². The lowest BCUT2D eigenvalue weighted by molar-refractivity contribution is -0.156. The number of rotatable bonds is 10. The summed E-state index contributed by atoms with van der Waals surface area (Å²) < 4.78 is 31.2. The lowest BCUT2D eigenvalue weighted by Crippen LogP contribution is -2.61. The number of benzene rings is 2. The summed E-state index contributed by atoms with van der Waals surface area (Å²) in [4.78, 5) is 23.0. The van der Waals surface area contributed by atoms with Crippen molar-refractivity contribution in [3.8, 4) is 22.6 Å². The zero-order valence-electron chi connectivity index (χ0n) is 24.7. The van der Waals surface area contributed by atoms with E-state index in [1.54, 1.807) is 12.1 Å². The van der Waals surface area contributed by atoms with Gasteiger partial charge < -0.3 is 23.9 Å². The van der Waals surface area contributed by atoms with Gasteiger partial charge in [-0.25, -0.2) is 4.39 Å². The first-order valence-corrected chi connectivity index (χ1v) is 14.9. The Labute approximate surface area is 242 Å². The third kappa shape index (κ3) is 6.30. The fraction of sp³-hybridized carbons (Fsp3) is 0.562. The van der Waals surface area contributed by atoms with E-state index in [2.05, 4.69) is 34.0 Å². The molecule has 2 saturated heterocycles. The minimum Gasteiger partial charge on any atom is -0.493 e. The van der Waals surface area contributed by atoms with Crippen molar-refractivity contribution in [3.05, 3.63) is 47.8 Å². The van der Waals surface area contributed by atoms with Gasteiger partial charge in [0.05, 0.1) is 37.2 Å². The van der Waals surface area contributed by atoms with Gasteiger partial charge in [0.25, 0.3) is 0 Å². The third-order valence-electron chi connectivity index (χ3n) is 8.28. The predicted octanol–water partition coefficient (Wildman–Crippen LogP) is 5.63. The summed E-state index contributed by atoms with van der Waals surface area (Å²) in [5.74, 6) is 2.09. The number of hydrogen-bond acceptors (Lipinski definition) is 8. The quantitative estimate of drug-likeness (QED) is 0.345. The van der Waals surface area contributed by atoms with Crippen LogP contribution in [-0.2, 0) is 20.9 Å². The van der Waals surface area contributed by atoms with Crippen molar-refractivity contribution in [1.82, 2.24) is 9.80 Å². The smallest absolute Gasteiger partial charge is 0.311 e. The van der Waals surface area contributed by atoms with Gasteiger partial charge in [0.15, 0.2) is 5.60 Å². The maximum absolute atomic E-state index is 13.6. The van der Waals surface area contributed by atoms with Crippen LogP contribution in [0.25, 0.3) is 11.1 Å². The molecule has 0 aliphatic carbocycles. The Morgan fingerprint density at radius 3 is 2.34 bits per heavy atom. The third-order valence-corrected chi connectivity index (χ3v) is 8.28. The SMILES string of the molecule is CCCOc1cc(CN2CC3(CC(N4CCC(C)(C(=O)OCC)CC4)=NO3)C2)cc(OCC)c1-c1ccc(F)cc1. The summed E-state index contributed by atoms with van der Waals surface area (Å²) in [5, 5.41) is 4.48. The molecule has 8 nitrogen and oxygen atoms in total. The molecule has 2 fully saturated rings. The van der Waals surface area contributed by atoms with Crippen molar-refractivity contribution in [2.24, 2.45) is 10.6 Å². The van der Waals surface area contributed by atoms with E-state index in [1.807, 2.05) is 20.8 Å². The molecule has 0 aromatic heterocycles. The zero-order valence-corrected chi connectivity index (χ0v) is 24.7. The van der Waals surface area contributed by atoms with Crippen molar-refractivity contribution in [1.29, 1.82) is 0 Å². The maximum atomic E-state index is 13.6. The van der Waals surface area contributed by atoms with Crippen molar-refractivity contribution in [3.63, 3.8) is 0 Å². The van der Waals surface area contributed by atoms with Gasteiger partial charge in [0.1, 0.15) is 23.2 Å². The van der Waals surface area contributed by atoms with Gasteiger partial charge in [-0.1, -0.05) is 24.2 Å². The molecule has 0 N–H and O–H groups in total. The molecule has 41 heavy (non-hydrogen) atoms. The molecule has 0 unspecified atom stereocenters. The highest BCUT2D eigenvalue weighted by atomic mass is 19.1. The van der Waals surface area contributed by atoms with E-state index in [4.69, 9.17) is 19.0 Å². The van der Waals surface area contributed by atoms with Gasteiger partial charge in [-0.2, -0.15) is 0 Å². The van der Waals surface area contributed by atoms with Crippen molar-refractivity contribution >= 4 is 11.8 Å². The van der Waals surface area contributed by atoms with Gasteiger partial charge in [-0.05, 0) is 75.4 Å². The summed E-state index contributed by atoms with van der Waals surface area (Å²) in [6.07, 6.45) is 3.16. The average Bonchev–Trinajstić information content (AvgIpc) is 3.39. The van der Waals surface area contributed by atoms with Crippen molar-refractivity contribution < 1.29 is 28.2 Å². The van der Waals surface area contributed by atoms with Gasteiger partial charge in [0.2, 0.25) is 0 Å². The van der Waals surface area contributed by atoms with Crippen molar-refractivity contribution in [2.45, 2.75) is 65.5 Å². The standard InChI is InChI=1S/C32H42FN3O5/c1-5-16-40-27-18-23(17-26(38-6-2)29(27)24-8-10-25(33)11-9-24)20-35-21-32(22-35)19-28(34-41-32)36-14-12-31(4,13-15-36)30(37)39-7-3/h8-11,17-18H,5-7,12-16,19-22H2,1-4H3. The summed E-state index contributed by atoms with van der Waals surface area (Å²) in [6, 6.07) is 10.6. The van der Waals surface area contributed by atoms with E-state index in [9.17, 15) is 9.18 Å². The van der Waals surface area contributed by atoms with Crippen LogP contribution in [0.1, 0.15) is 58.9 Å². The predicted molar refractivity (Wildman–Crippen MR) is 155 cm³/mol. The number of carbonyl (C=O) groups excluding carboxylic acids is 1. The highest BCUT2D eigenvalue weighted by Crippen LogP contribution is 2.42. The minimum atomic E-state index is -0.427. The summed E-state index contributed by atoms with van der Waals surface area (Å²) in [6.45, 7) is 13.2. The fourth-order valence-corrected chi connectivity index (χ4v) is 5.98. The highest BCUT2D eigenvalue weighted by Gasteiger charge is 2.51. The molecule has 2 aromatic rings. The number of piperidine rings is 1. The second-order valence-corrected chi connectivity index (χ2v) is 11.6. The second-order valence-electron chi connectivity index (χ2n) is 11.6. The van der Waals surface area contributed by atoms with Crippen LogP contribution in [0.3, 0.4) is 0 Å². The van der Waals surface area contributed by atoms with Crippen LogP contribution in [0.5, 0.6) is 11.5 Å². The van der Waals surface area contributed by atoms with E-state index in [-0.39, 0.29) is 17.4 Å². The van der Waals surface area contributed by atoms with Gasteiger partial charge in [-0.15, -0.1) is 0 Å². The Morgan fingerprint density at radius 1 is 1.02 bits per heavy atom. The lowest BCUT2D eigenvalue weighted by atomic mass is 9.80. The largest absolute Gasteiger partial charge is 0.493 e. The molecule has 0 bridgehead atoms. The number of amidine groups is 1. The molecule has 3 heterocycles. The molecule has 3 aliphatic heterocycles. The maximum Gasteiger partial charge on any atom is 0.311 e. The Morgan fingerprint density at radius 2 is 1.71 bits per heavy atom. The lowest BCUT2D eigenvalue weighted by Gasteiger charge is -2.46. The fourth-order valence-electron chi connectivity index (χ4n) is 5.98. The number of esters is 1. The van der Waals surface area contributed by atoms with Crippen LogP contribution in [0.4, 0.5) is 4.39 Å². The molecule has 1 spiro atoms. The molecular weight excluding hydrogens is 525 g/mol. The first-order chi connectivity index (χ1) is 19.8. The number of hydrogen-bond donors (Lipinski definition) is 0. The normalized spacial score (nSPS) is 19.3. The average molecular weight is 568 g/mol. The Hall–Kier alpha value is -3.33. The molecule has 0 atom stereocenters. The van der Waals surface area contributed by atoms with E-state index in [1.165, 1.54) is 12.1 Å². The minimum absolute atomic E-state index is 0.100. The molecule has 0 saturated carbocycles. The molecule has 0 radical (unpaired) electrons. The molecule has 0 amide bonds. The molecule has 3 aliphatic rings. The molecule has 222 valence electrons. The van der Waals surface area contributed by atoms with Crippen LogP contribution >= 0.6 is 0 Å². The van der Waals surface area contributed by atoms with E-state index >= 15 is 0 Å². The molecule has 5 rings (SSSR count). The van der Waals surface area contributed by atoms with Crippen LogP contribution in [0.15, 0.2) is 41.6 Å². The monoisotopic (exact) mass is 567 g/mol. The highest BCUT2D eigenvalue weighted by molar-refractivity contribution is 5.85. The number of likely N-dealkylation sites (tertiary alicyclic amines) is 2. The zero-order chi connectivity index (χ0) is 29.0. The van der Waals surface area contributed by atoms with Crippen LogP contribution < -0.4 is 9.47 Å². The Bertz CT molecular complexity index is 1250. The van der Waals surface area contributed by atoms with Crippen molar-refractivity contribution in [2.75, 3.05) is 46.0 Å². The number of nitrogens with zero attached hydrogens (tertiary/aromatic N) is 3.